The van der Waals surface area contributed by atoms with Gasteiger partial charge in [-0.25, -0.2) is 4.52 Å². The summed E-state index contributed by atoms with van der Waals surface area (Å²) in [5.41, 5.74) is 5.17. The fourth-order valence-electron chi connectivity index (χ4n) is 5.50. The Morgan fingerprint density at radius 1 is 1.12 bits per heavy atom. The fourth-order valence-corrected chi connectivity index (χ4v) is 5.50. The average molecular weight is 545 g/mol. The largest absolute Gasteiger partial charge is 0.457 e. The Morgan fingerprint density at radius 2 is 1.93 bits per heavy atom. The van der Waals surface area contributed by atoms with Crippen molar-refractivity contribution in [1.82, 2.24) is 19.8 Å². The molecule has 2 aromatic carbocycles. The topological polar surface area (TPSA) is 94.7 Å². The molecule has 1 unspecified atom stereocenters. The van der Waals surface area contributed by atoms with E-state index < -0.39 is 0 Å². The molecule has 0 saturated carbocycles. The Morgan fingerprint density at radius 3 is 2.68 bits per heavy atom. The molecule has 1 atom stereocenters. The lowest BCUT2D eigenvalue weighted by atomic mass is 10.1. The Balaban J connectivity index is 1.18. The molecular weight excluding hydrogens is 512 g/mol. The van der Waals surface area contributed by atoms with Crippen molar-refractivity contribution < 1.29 is 9.53 Å². The average Bonchev–Trinajstić information content (AvgIpc) is 3.58. The maximum atomic E-state index is 13.4. The van der Waals surface area contributed by atoms with E-state index in [-0.39, 0.29) is 11.9 Å². The van der Waals surface area contributed by atoms with Crippen LogP contribution in [-0.4, -0.2) is 46.1 Å². The van der Waals surface area contributed by atoms with Crippen LogP contribution in [0, 0.1) is 18.3 Å². The summed E-state index contributed by atoms with van der Waals surface area (Å²) in [4.78, 5) is 15.8. The van der Waals surface area contributed by atoms with Gasteiger partial charge in [0.05, 0.1) is 28.5 Å². The molecule has 2 aromatic heterocycles. The molecule has 8 heteroatoms. The van der Waals surface area contributed by atoms with Crippen LogP contribution in [0.3, 0.4) is 0 Å². The first-order valence-corrected chi connectivity index (χ1v) is 14.0. The summed E-state index contributed by atoms with van der Waals surface area (Å²) in [7, 11) is 0. The number of hydrogen-bond acceptors (Lipinski definition) is 6. The van der Waals surface area contributed by atoms with Crippen molar-refractivity contribution in [3.05, 3.63) is 107 Å². The lowest BCUT2D eigenvalue weighted by Gasteiger charge is -2.18. The van der Waals surface area contributed by atoms with Crippen LogP contribution in [0.1, 0.15) is 40.7 Å². The molecule has 206 valence electrons. The minimum Gasteiger partial charge on any atom is -0.457 e. The Kier molecular flexibility index (Phi) is 7.52. The Labute approximate surface area is 239 Å². The first-order chi connectivity index (χ1) is 20.1. The number of benzene rings is 2. The zero-order chi connectivity index (χ0) is 28.2. The van der Waals surface area contributed by atoms with E-state index in [2.05, 4.69) is 44.9 Å². The van der Waals surface area contributed by atoms with Gasteiger partial charge in [-0.1, -0.05) is 36.4 Å². The highest BCUT2D eigenvalue weighted by Crippen LogP contribution is 2.31. The van der Waals surface area contributed by atoms with Crippen LogP contribution in [0.5, 0.6) is 11.5 Å². The van der Waals surface area contributed by atoms with Gasteiger partial charge in [0.1, 0.15) is 17.6 Å². The minimum atomic E-state index is -0.122. The van der Waals surface area contributed by atoms with E-state index >= 15 is 0 Å². The zero-order valence-corrected chi connectivity index (χ0v) is 23.0. The van der Waals surface area contributed by atoms with Gasteiger partial charge in [-0.05, 0) is 73.7 Å². The zero-order valence-electron chi connectivity index (χ0n) is 23.0. The third-order valence-electron chi connectivity index (χ3n) is 7.61. The molecule has 0 bridgehead atoms. The van der Waals surface area contributed by atoms with E-state index in [1.54, 1.807) is 10.7 Å². The molecular formula is C33H32N6O2. The van der Waals surface area contributed by atoms with Crippen LogP contribution in [0.15, 0.2) is 90.8 Å². The van der Waals surface area contributed by atoms with Crippen molar-refractivity contribution in [3.8, 4) is 17.6 Å². The predicted octanol–water partition coefficient (Wildman–Crippen LogP) is 6.13. The number of nitriles is 1. The quantitative estimate of drug-likeness (QED) is 0.277. The summed E-state index contributed by atoms with van der Waals surface area (Å²) >= 11 is 0. The van der Waals surface area contributed by atoms with Gasteiger partial charge in [0.2, 0.25) is 0 Å². The molecule has 8 nitrogen and oxygen atoms in total. The van der Waals surface area contributed by atoms with Crippen molar-refractivity contribution in [3.63, 3.8) is 0 Å². The molecule has 0 spiro atoms. The third kappa shape index (κ3) is 5.86. The molecule has 1 amide bonds. The van der Waals surface area contributed by atoms with Crippen molar-refractivity contribution in [2.75, 3.05) is 25.0 Å². The number of para-hydroxylation sites is 1. The summed E-state index contributed by atoms with van der Waals surface area (Å²) in [6, 6.07) is 19.5. The van der Waals surface area contributed by atoms with Crippen molar-refractivity contribution >= 4 is 22.8 Å². The van der Waals surface area contributed by atoms with Gasteiger partial charge in [-0.2, -0.15) is 10.4 Å². The summed E-state index contributed by atoms with van der Waals surface area (Å²) in [6.07, 6.45) is 13.2. The number of fused-ring (bicyclic) bond motifs is 1. The number of carbonyl (C=O) groups excluding carboxylic acids is 1. The molecule has 41 heavy (non-hydrogen) atoms. The standard InChI is InChI=1S/C33H32N6O2/c1-23-30(33(40)37-27-16-17-38(21-27)20-24-8-4-2-5-9-24)22-39-32(23)31(25(18-34)19-35-39)36-26-12-14-29(15-13-26)41-28-10-6-3-7-11-28/h3-4,6-15,19,22,27,36H,2,5,16-17,20-21H2,1H3,(H,37,40). The molecule has 1 aliphatic carbocycles. The van der Waals surface area contributed by atoms with E-state index in [9.17, 15) is 10.1 Å². The number of ether oxygens (including phenoxy) is 1. The minimum absolute atomic E-state index is 0.0925. The first kappa shape index (κ1) is 26.4. The molecule has 0 radical (unpaired) electrons. The highest BCUT2D eigenvalue weighted by Gasteiger charge is 2.26. The number of carbonyl (C=O) groups is 1. The van der Waals surface area contributed by atoms with Gasteiger partial charge in [-0.3, -0.25) is 9.69 Å². The third-order valence-corrected chi connectivity index (χ3v) is 7.61. The van der Waals surface area contributed by atoms with Gasteiger partial charge < -0.3 is 15.4 Å². The Bertz CT molecular complexity index is 1660. The van der Waals surface area contributed by atoms with E-state index in [1.807, 2.05) is 61.5 Å². The van der Waals surface area contributed by atoms with E-state index in [0.29, 0.717) is 28.1 Å². The summed E-state index contributed by atoms with van der Waals surface area (Å²) in [5.74, 6) is 1.34. The number of rotatable bonds is 8. The van der Waals surface area contributed by atoms with Crippen LogP contribution < -0.4 is 15.4 Å². The fraction of sp³-hybridized carbons (Fsp3) is 0.242. The van der Waals surface area contributed by atoms with Crippen LogP contribution in [-0.2, 0) is 0 Å². The van der Waals surface area contributed by atoms with Crippen LogP contribution >= 0.6 is 0 Å². The number of hydrogen-bond donors (Lipinski definition) is 2. The highest BCUT2D eigenvalue weighted by molar-refractivity contribution is 6.00. The predicted molar refractivity (Wildman–Crippen MR) is 160 cm³/mol. The number of nitrogens with zero attached hydrogens (tertiary/aromatic N) is 4. The number of likely N-dealkylation sites (tertiary alicyclic amines) is 1. The maximum absolute atomic E-state index is 13.4. The number of aromatic nitrogens is 2. The molecule has 1 aliphatic heterocycles. The monoisotopic (exact) mass is 544 g/mol. The number of nitrogens with one attached hydrogen (secondary N) is 2. The lowest BCUT2D eigenvalue weighted by molar-refractivity contribution is 0.0937. The van der Waals surface area contributed by atoms with Gasteiger partial charge in [0.25, 0.3) is 5.91 Å². The first-order valence-electron chi connectivity index (χ1n) is 14.0. The highest BCUT2D eigenvalue weighted by atomic mass is 16.5. The SMILES string of the molecule is Cc1c(C(=O)NC2CCN(CC3=CCCC=C3)C2)cn2ncc(C#N)c(Nc3ccc(Oc4ccccc4)cc3)c12. The number of allylic oxidation sites excluding steroid dienone is 2. The summed E-state index contributed by atoms with van der Waals surface area (Å²) in [5, 5.41) is 20.9. The normalized spacial score (nSPS) is 16.8. The molecule has 3 heterocycles. The number of aryl methyl sites for hydroxylation is 1. The van der Waals surface area contributed by atoms with Gasteiger partial charge in [-0.15, -0.1) is 0 Å². The molecule has 2 aliphatic rings. The van der Waals surface area contributed by atoms with E-state index in [4.69, 9.17) is 4.74 Å². The van der Waals surface area contributed by atoms with Gasteiger partial charge in [0, 0.05) is 37.6 Å². The van der Waals surface area contributed by atoms with Crippen molar-refractivity contribution in [2.45, 2.75) is 32.2 Å². The van der Waals surface area contributed by atoms with Crippen LogP contribution in [0.25, 0.3) is 5.52 Å². The Hall–Kier alpha value is -4.87. The second kappa shape index (κ2) is 11.7. The molecule has 6 rings (SSSR count). The van der Waals surface area contributed by atoms with Crippen molar-refractivity contribution in [1.29, 1.82) is 5.26 Å². The molecule has 4 aromatic rings. The molecule has 1 saturated heterocycles. The maximum Gasteiger partial charge on any atom is 0.253 e. The molecule has 2 N–H and O–H groups in total. The van der Waals surface area contributed by atoms with Gasteiger partial charge in [0.15, 0.2) is 0 Å². The van der Waals surface area contributed by atoms with Gasteiger partial charge >= 0.3 is 0 Å². The lowest BCUT2D eigenvalue weighted by Crippen LogP contribution is -2.37. The van der Waals surface area contributed by atoms with E-state index in [1.165, 1.54) is 11.8 Å². The second-order valence-corrected chi connectivity index (χ2v) is 10.5. The molecule has 1 fully saturated rings. The van der Waals surface area contributed by atoms with E-state index in [0.717, 1.165) is 55.9 Å². The van der Waals surface area contributed by atoms with Crippen LogP contribution in [0.2, 0.25) is 0 Å². The van der Waals surface area contributed by atoms with Crippen LogP contribution in [0.4, 0.5) is 11.4 Å². The number of anilines is 2. The van der Waals surface area contributed by atoms with Crippen molar-refractivity contribution in [2.24, 2.45) is 0 Å². The summed E-state index contributed by atoms with van der Waals surface area (Å²) < 4.78 is 7.57. The second-order valence-electron chi connectivity index (χ2n) is 10.5. The smallest absolute Gasteiger partial charge is 0.253 e. The number of amides is 1. The summed E-state index contributed by atoms with van der Waals surface area (Å²) in [6.45, 7) is 4.62.